The van der Waals surface area contributed by atoms with Gasteiger partial charge in [-0.3, -0.25) is 9.59 Å². The molecule has 0 aliphatic carbocycles. The second-order valence-electron chi connectivity index (χ2n) is 5.36. The van der Waals surface area contributed by atoms with Gasteiger partial charge in [0.2, 0.25) is 5.91 Å². The number of halogens is 1. The minimum atomic E-state index is -0.645. The highest BCUT2D eigenvalue weighted by atomic mass is 19.1. The van der Waals surface area contributed by atoms with E-state index < -0.39 is 11.7 Å². The van der Waals surface area contributed by atoms with Crippen LogP contribution in [0.15, 0.2) is 42.5 Å². The number of amides is 2. The molecule has 2 amide bonds. The molecular weight excluding hydrogens is 311 g/mol. The van der Waals surface area contributed by atoms with Crippen molar-refractivity contribution >= 4 is 17.5 Å². The van der Waals surface area contributed by atoms with Crippen LogP contribution >= 0.6 is 0 Å². The van der Waals surface area contributed by atoms with Gasteiger partial charge in [-0.25, -0.2) is 4.39 Å². The zero-order valence-corrected chi connectivity index (χ0v) is 13.3. The van der Waals surface area contributed by atoms with Crippen LogP contribution in [0.1, 0.15) is 28.4 Å². The summed E-state index contributed by atoms with van der Waals surface area (Å²) in [7, 11) is 0. The monoisotopic (exact) mass is 330 g/mol. The van der Waals surface area contributed by atoms with E-state index in [1.807, 2.05) is 24.3 Å². The normalized spacial score (nSPS) is 10.3. The maximum absolute atomic E-state index is 13.8. The van der Waals surface area contributed by atoms with E-state index in [4.69, 9.17) is 5.11 Å². The number of nitrogens with one attached hydrogen (secondary N) is 2. The largest absolute Gasteiger partial charge is 0.392 e. The summed E-state index contributed by atoms with van der Waals surface area (Å²) in [5, 5.41) is 14.2. The Balaban J connectivity index is 1.95. The molecule has 0 bridgehead atoms. The Labute approximate surface area is 139 Å². The van der Waals surface area contributed by atoms with Crippen LogP contribution in [0.5, 0.6) is 0 Å². The molecule has 0 radical (unpaired) electrons. The van der Waals surface area contributed by atoms with Crippen molar-refractivity contribution in [3.8, 4) is 0 Å². The number of aliphatic hydroxyl groups is 1. The summed E-state index contributed by atoms with van der Waals surface area (Å²) in [5.74, 6) is -1.47. The van der Waals surface area contributed by atoms with E-state index in [1.54, 1.807) is 0 Å². The molecule has 6 heteroatoms. The van der Waals surface area contributed by atoms with Crippen LogP contribution in [0.25, 0.3) is 0 Å². The van der Waals surface area contributed by atoms with Crippen LogP contribution in [0.3, 0.4) is 0 Å². The summed E-state index contributed by atoms with van der Waals surface area (Å²) in [5.41, 5.74) is 2.07. The molecule has 0 aromatic heterocycles. The Bertz CT molecular complexity index is 730. The molecule has 2 aromatic carbocycles. The number of carbonyl (C=O) groups excluding carboxylic acids is 2. The fourth-order valence-electron chi connectivity index (χ4n) is 2.21. The molecule has 0 spiro atoms. The molecule has 5 nitrogen and oxygen atoms in total. The van der Waals surface area contributed by atoms with Gasteiger partial charge in [-0.15, -0.1) is 0 Å². The predicted molar refractivity (Wildman–Crippen MR) is 89.1 cm³/mol. The molecule has 0 atom stereocenters. The Morgan fingerprint density at radius 1 is 1.08 bits per heavy atom. The lowest BCUT2D eigenvalue weighted by atomic mass is 10.1. The Kier molecular flexibility index (Phi) is 6.03. The van der Waals surface area contributed by atoms with Crippen LogP contribution in [0, 0.1) is 5.82 Å². The zero-order valence-electron chi connectivity index (χ0n) is 13.3. The Morgan fingerprint density at radius 3 is 2.38 bits per heavy atom. The number of rotatable bonds is 6. The van der Waals surface area contributed by atoms with Crippen molar-refractivity contribution in [2.45, 2.75) is 20.0 Å². The van der Waals surface area contributed by atoms with E-state index in [9.17, 15) is 14.0 Å². The van der Waals surface area contributed by atoms with Crippen molar-refractivity contribution < 1.29 is 19.1 Å². The predicted octanol–water partition coefficient (Wildman–Crippen LogP) is 2.25. The summed E-state index contributed by atoms with van der Waals surface area (Å²) in [6, 6.07) is 11.2. The standard InChI is InChI=1S/C18H19FN2O3/c1-12(23)21-15-6-7-17(19)16(10-15)18(24)20-9-8-13-2-4-14(11-22)5-3-13/h2-7,10,22H,8-9,11H2,1H3,(H,20,24)(H,21,23). The van der Waals surface area contributed by atoms with E-state index >= 15 is 0 Å². The van der Waals surface area contributed by atoms with E-state index in [2.05, 4.69) is 10.6 Å². The Morgan fingerprint density at radius 2 is 1.75 bits per heavy atom. The van der Waals surface area contributed by atoms with Gasteiger partial charge in [0, 0.05) is 19.2 Å². The van der Waals surface area contributed by atoms with Crippen LogP contribution in [0.2, 0.25) is 0 Å². The van der Waals surface area contributed by atoms with Crippen molar-refractivity contribution in [1.82, 2.24) is 5.32 Å². The first kappa shape index (κ1) is 17.6. The SMILES string of the molecule is CC(=O)Nc1ccc(F)c(C(=O)NCCc2ccc(CO)cc2)c1. The first-order valence-electron chi connectivity index (χ1n) is 7.53. The Hall–Kier alpha value is -2.73. The van der Waals surface area contributed by atoms with Crippen LogP contribution in [0.4, 0.5) is 10.1 Å². The molecule has 0 aliphatic heterocycles. The van der Waals surface area contributed by atoms with Crippen molar-refractivity contribution in [3.05, 3.63) is 65.0 Å². The van der Waals surface area contributed by atoms with Crippen LogP contribution in [-0.2, 0) is 17.8 Å². The average Bonchev–Trinajstić information content (AvgIpc) is 2.56. The first-order chi connectivity index (χ1) is 11.5. The maximum atomic E-state index is 13.8. The molecule has 24 heavy (non-hydrogen) atoms. The molecule has 0 saturated heterocycles. The number of aliphatic hydroxyl groups excluding tert-OH is 1. The van der Waals surface area contributed by atoms with Gasteiger partial charge in [-0.1, -0.05) is 24.3 Å². The lowest BCUT2D eigenvalue weighted by Crippen LogP contribution is -2.26. The minimum absolute atomic E-state index is 0.0130. The number of hydrogen-bond donors (Lipinski definition) is 3. The second kappa shape index (κ2) is 8.21. The summed E-state index contributed by atoms with van der Waals surface area (Å²) < 4.78 is 13.8. The highest BCUT2D eigenvalue weighted by Crippen LogP contribution is 2.15. The minimum Gasteiger partial charge on any atom is -0.392 e. The quantitative estimate of drug-likeness (QED) is 0.760. The topological polar surface area (TPSA) is 78.4 Å². The van der Waals surface area contributed by atoms with Gasteiger partial charge in [0.1, 0.15) is 5.82 Å². The third-order valence-corrected chi connectivity index (χ3v) is 3.44. The molecule has 3 N–H and O–H groups in total. The molecule has 0 saturated carbocycles. The van der Waals surface area contributed by atoms with Gasteiger partial charge in [-0.2, -0.15) is 0 Å². The number of benzene rings is 2. The molecule has 2 rings (SSSR count). The maximum Gasteiger partial charge on any atom is 0.254 e. The van der Waals surface area contributed by atoms with Gasteiger partial charge in [-0.05, 0) is 35.7 Å². The molecule has 0 unspecified atom stereocenters. The molecule has 0 fully saturated rings. The zero-order chi connectivity index (χ0) is 17.5. The van der Waals surface area contributed by atoms with Gasteiger partial charge in [0.05, 0.1) is 12.2 Å². The van der Waals surface area contributed by atoms with Crippen molar-refractivity contribution in [2.75, 3.05) is 11.9 Å². The third-order valence-electron chi connectivity index (χ3n) is 3.44. The molecule has 0 heterocycles. The van der Waals surface area contributed by atoms with Gasteiger partial charge < -0.3 is 15.7 Å². The lowest BCUT2D eigenvalue weighted by molar-refractivity contribution is -0.114. The molecule has 2 aromatic rings. The summed E-state index contributed by atoms with van der Waals surface area (Å²) in [4.78, 5) is 23.1. The summed E-state index contributed by atoms with van der Waals surface area (Å²) in [6.07, 6.45) is 0.588. The number of anilines is 1. The highest BCUT2D eigenvalue weighted by Gasteiger charge is 2.12. The van der Waals surface area contributed by atoms with Crippen LogP contribution in [-0.4, -0.2) is 23.5 Å². The van der Waals surface area contributed by atoms with E-state index in [1.165, 1.54) is 19.1 Å². The fraction of sp³-hybridized carbons (Fsp3) is 0.222. The van der Waals surface area contributed by atoms with Crippen molar-refractivity contribution in [1.29, 1.82) is 0 Å². The summed E-state index contributed by atoms with van der Waals surface area (Å²) >= 11 is 0. The van der Waals surface area contributed by atoms with Crippen LogP contribution < -0.4 is 10.6 Å². The first-order valence-corrected chi connectivity index (χ1v) is 7.53. The fourth-order valence-corrected chi connectivity index (χ4v) is 2.21. The summed E-state index contributed by atoms with van der Waals surface area (Å²) in [6.45, 7) is 1.67. The van der Waals surface area contributed by atoms with E-state index in [-0.39, 0.29) is 18.1 Å². The van der Waals surface area contributed by atoms with Crippen molar-refractivity contribution in [3.63, 3.8) is 0 Å². The molecular formula is C18H19FN2O3. The van der Waals surface area contributed by atoms with E-state index in [0.29, 0.717) is 18.7 Å². The van der Waals surface area contributed by atoms with E-state index in [0.717, 1.165) is 17.2 Å². The van der Waals surface area contributed by atoms with Gasteiger partial charge in [0.25, 0.3) is 5.91 Å². The van der Waals surface area contributed by atoms with Gasteiger partial charge in [0.15, 0.2) is 0 Å². The molecule has 0 aliphatic rings. The smallest absolute Gasteiger partial charge is 0.254 e. The average molecular weight is 330 g/mol. The van der Waals surface area contributed by atoms with Gasteiger partial charge >= 0.3 is 0 Å². The highest BCUT2D eigenvalue weighted by molar-refractivity contribution is 5.97. The number of hydrogen-bond acceptors (Lipinski definition) is 3. The molecule has 126 valence electrons. The number of carbonyl (C=O) groups is 2. The van der Waals surface area contributed by atoms with Crippen molar-refractivity contribution in [2.24, 2.45) is 0 Å². The third kappa shape index (κ3) is 4.89. The second-order valence-corrected chi connectivity index (χ2v) is 5.36. The lowest BCUT2D eigenvalue weighted by Gasteiger charge is -2.09.